The van der Waals surface area contributed by atoms with Gasteiger partial charge < -0.3 is 4.74 Å². The first-order chi connectivity index (χ1) is 10.4. The molecule has 0 aromatic carbocycles. The van der Waals surface area contributed by atoms with E-state index in [2.05, 4.69) is 9.36 Å². The Morgan fingerprint density at radius 2 is 2.27 bits per heavy atom. The van der Waals surface area contributed by atoms with Gasteiger partial charge in [0.15, 0.2) is 0 Å². The van der Waals surface area contributed by atoms with E-state index in [1.807, 2.05) is 11.0 Å². The van der Waals surface area contributed by atoms with E-state index in [-0.39, 0.29) is 5.97 Å². The van der Waals surface area contributed by atoms with Crippen LogP contribution in [-0.2, 0) is 15.7 Å². The molecule has 0 spiro atoms. The highest BCUT2D eigenvalue weighted by atomic mass is 32.1. The molecule has 1 aromatic heterocycles. The van der Waals surface area contributed by atoms with Gasteiger partial charge in [0, 0.05) is 19.6 Å². The number of aromatic nitrogens is 2. The quantitative estimate of drug-likeness (QED) is 0.774. The van der Waals surface area contributed by atoms with Crippen LogP contribution in [0.5, 0.6) is 0 Å². The predicted molar refractivity (Wildman–Crippen MR) is 75.2 cm³/mol. The van der Waals surface area contributed by atoms with Crippen LogP contribution in [0.1, 0.15) is 30.6 Å². The molecule has 0 saturated carbocycles. The van der Waals surface area contributed by atoms with Crippen molar-refractivity contribution in [3.8, 4) is 0 Å². The number of carbonyl (C=O) groups is 1. The lowest BCUT2D eigenvalue weighted by Crippen LogP contribution is -2.31. The molecular weight excluding hydrogens is 319 g/mol. The first-order valence-corrected chi connectivity index (χ1v) is 7.65. The second kappa shape index (κ2) is 7.19. The fourth-order valence-electron chi connectivity index (χ4n) is 2.06. The summed E-state index contributed by atoms with van der Waals surface area (Å²) in [5.74, 6) is -1.32. The molecule has 22 heavy (non-hydrogen) atoms. The average Bonchev–Trinajstić information content (AvgIpc) is 2.96. The number of halogens is 3. The molecule has 1 aromatic rings. The Kier molecular flexibility index (Phi) is 5.52. The minimum atomic E-state index is -4.50. The summed E-state index contributed by atoms with van der Waals surface area (Å²) in [6.45, 7) is 3.95. The number of carbonyl (C=O) groups excluding carboxylic acids is 1. The van der Waals surface area contributed by atoms with Gasteiger partial charge in [-0.25, -0.2) is 4.98 Å². The maximum Gasteiger partial charge on any atom is 0.452 e. The fraction of sp³-hybridized carbons (Fsp3) is 0.615. The molecule has 5 nitrogen and oxygen atoms in total. The minimum absolute atomic E-state index is 0.240. The zero-order chi connectivity index (χ0) is 16.2. The summed E-state index contributed by atoms with van der Waals surface area (Å²) in [7, 11) is 0. The van der Waals surface area contributed by atoms with Crippen molar-refractivity contribution in [1.82, 2.24) is 14.3 Å². The third-order valence-corrected chi connectivity index (χ3v) is 3.98. The molecule has 122 valence electrons. The Balaban J connectivity index is 1.89. The molecule has 2 rings (SSSR count). The lowest BCUT2D eigenvalue weighted by Gasteiger charge is -2.25. The molecule has 0 amide bonds. The molecule has 9 heteroatoms. The Hall–Kier alpha value is -1.48. The van der Waals surface area contributed by atoms with Crippen LogP contribution in [0.25, 0.3) is 5.57 Å². The standard InChI is InChI=1S/C13H16F3N3O2S/c1-2-21-10(20)5-8-19-6-3-9(4-7-19)11-17-12(18-22-11)13(14,15)16/h3H,2,4-8H2,1H3. The maximum absolute atomic E-state index is 12.5. The van der Waals surface area contributed by atoms with Crippen LogP contribution in [0.15, 0.2) is 6.08 Å². The van der Waals surface area contributed by atoms with Crippen LogP contribution in [0, 0.1) is 0 Å². The molecule has 2 heterocycles. The second-order valence-electron chi connectivity index (χ2n) is 4.76. The van der Waals surface area contributed by atoms with Crippen molar-refractivity contribution in [2.24, 2.45) is 0 Å². The maximum atomic E-state index is 12.5. The topological polar surface area (TPSA) is 55.3 Å². The van der Waals surface area contributed by atoms with Gasteiger partial charge in [0.25, 0.3) is 0 Å². The highest BCUT2D eigenvalue weighted by Gasteiger charge is 2.36. The average molecular weight is 335 g/mol. The van der Waals surface area contributed by atoms with Gasteiger partial charge in [-0.15, -0.1) is 0 Å². The molecule has 0 saturated heterocycles. The third-order valence-electron chi connectivity index (χ3n) is 3.19. The summed E-state index contributed by atoms with van der Waals surface area (Å²) >= 11 is 0.767. The molecule has 0 N–H and O–H groups in total. The highest BCUT2D eigenvalue weighted by Crippen LogP contribution is 2.31. The first-order valence-electron chi connectivity index (χ1n) is 6.88. The van der Waals surface area contributed by atoms with Crippen molar-refractivity contribution in [3.63, 3.8) is 0 Å². The van der Waals surface area contributed by atoms with Crippen molar-refractivity contribution in [3.05, 3.63) is 16.9 Å². The van der Waals surface area contributed by atoms with Gasteiger partial charge in [0.2, 0.25) is 5.82 Å². The lowest BCUT2D eigenvalue weighted by molar-refractivity contribution is -0.144. The Labute approximate surface area is 130 Å². The monoisotopic (exact) mass is 335 g/mol. The van der Waals surface area contributed by atoms with Crippen molar-refractivity contribution >= 4 is 23.1 Å². The molecule has 0 fully saturated rings. The van der Waals surface area contributed by atoms with Crippen LogP contribution in [-0.4, -0.2) is 46.5 Å². The first kappa shape index (κ1) is 16.9. The van der Waals surface area contributed by atoms with E-state index >= 15 is 0 Å². The summed E-state index contributed by atoms with van der Waals surface area (Å²) in [4.78, 5) is 16.9. The summed E-state index contributed by atoms with van der Waals surface area (Å²) < 4.78 is 45.6. The molecule has 0 aliphatic carbocycles. The zero-order valence-corrected chi connectivity index (χ0v) is 12.8. The summed E-state index contributed by atoms with van der Waals surface area (Å²) in [5, 5.41) is 0.317. The number of esters is 1. The van der Waals surface area contributed by atoms with Gasteiger partial charge in [-0.3, -0.25) is 9.69 Å². The Morgan fingerprint density at radius 3 is 2.82 bits per heavy atom. The van der Waals surface area contributed by atoms with Crippen LogP contribution in [0.4, 0.5) is 13.2 Å². The largest absolute Gasteiger partial charge is 0.466 e. The van der Waals surface area contributed by atoms with Gasteiger partial charge in [0.05, 0.1) is 13.0 Å². The minimum Gasteiger partial charge on any atom is -0.466 e. The zero-order valence-electron chi connectivity index (χ0n) is 12.0. The predicted octanol–water partition coefficient (Wildman–Crippen LogP) is 2.60. The van der Waals surface area contributed by atoms with E-state index in [1.54, 1.807) is 6.92 Å². The van der Waals surface area contributed by atoms with E-state index in [9.17, 15) is 18.0 Å². The molecule has 0 radical (unpaired) electrons. The van der Waals surface area contributed by atoms with Gasteiger partial charge in [-0.1, -0.05) is 6.08 Å². The SMILES string of the molecule is CCOC(=O)CCN1CC=C(c2nc(C(F)(F)F)ns2)CC1. The second-order valence-corrected chi connectivity index (χ2v) is 5.51. The van der Waals surface area contributed by atoms with Gasteiger partial charge in [-0.05, 0) is 30.5 Å². The van der Waals surface area contributed by atoms with Gasteiger partial charge in [-0.2, -0.15) is 17.5 Å². The lowest BCUT2D eigenvalue weighted by atomic mass is 10.1. The number of hydrogen-bond donors (Lipinski definition) is 0. The van der Waals surface area contributed by atoms with Crippen molar-refractivity contribution in [2.45, 2.75) is 25.9 Å². The van der Waals surface area contributed by atoms with E-state index < -0.39 is 12.0 Å². The highest BCUT2D eigenvalue weighted by molar-refractivity contribution is 7.06. The smallest absolute Gasteiger partial charge is 0.452 e. The molecule has 0 atom stereocenters. The van der Waals surface area contributed by atoms with E-state index in [0.29, 0.717) is 44.1 Å². The van der Waals surface area contributed by atoms with Gasteiger partial charge in [0.1, 0.15) is 5.01 Å². The molecule has 0 unspecified atom stereocenters. The number of hydrogen-bond acceptors (Lipinski definition) is 6. The molecule has 0 bridgehead atoms. The van der Waals surface area contributed by atoms with Crippen molar-refractivity contribution < 1.29 is 22.7 Å². The van der Waals surface area contributed by atoms with Crippen molar-refractivity contribution in [1.29, 1.82) is 0 Å². The Morgan fingerprint density at radius 1 is 1.50 bits per heavy atom. The van der Waals surface area contributed by atoms with Crippen LogP contribution < -0.4 is 0 Å². The molecule has 1 aliphatic heterocycles. The van der Waals surface area contributed by atoms with E-state index in [4.69, 9.17) is 4.74 Å². The summed E-state index contributed by atoms with van der Waals surface area (Å²) in [6, 6.07) is 0. The van der Waals surface area contributed by atoms with Crippen LogP contribution in [0.3, 0.4) is 0 Å². The Bertz CT molecular complexity index is 557. The summed E-state index contributed by atoms with van der Waals surface area (Å²) in [6.07, 6.45) is -1.76. The number of nitrogens with zero attached hydrogens (tertiary/aromatic N) is 3. The van der Waals surface area contributed by atoms with Crippen LogP contribution >= 0.6 is 11.5 Å². The fourth-order valence-corrected chi connectivity index (χ4v) is 2.81. The van der Waals surface area contributed by atoms with E-state index in [1.165, 1.54) is 0 Å². The third kappa shape index (κ3) is 4.51. The van der Waals surface area contributed by atoms with Crippen molar-refractivity contribution in [2.75, 3.05) is 26.2 Å². The van der Waals surface area contributed by atoms with E-state index in [0.717, 1.165) is 17.1 Å². The summed E-state index contributed by atoms with van der Waals surface area (Å²) in [5.41, 5.74) is 0.778. The number of rotatable bonds is 5. The molecular formula is C13H16F3N3O2S. The molecule has 1 aliphatic rings. The number of alkyl halides is 3. The normalized spacial score (nSPS) is 16.5. The van der Waals surface area contributed by atoms with Crippen LogP contribution in [0.2, 0.25) is 0 Å². The van der Waals surface area contributed by atoms with Gasteiger partial charge >= 0.3 is 12.1 Å². The number of ether oxygens (including phenoxy) is 1.